The van der Waals surface area contributed by atoms with Gasteiger partial charge in [-0.3, -0.25) is 0 Å². The molecule has 0 N–H and O–H groups in total. The molecule has 0 amide bonds. The maximum atomic E-state index is 12.1. The summed E-state index contributed by atoms with van der Waals surface area (Å²) in [6.45, 7) is 3.89. The first kappa shape index (κ1) is 16.8. The van der Waals surface area contributed by atoms with Gasteiger partial charge in [0.1, 0.15) is 12.4 Å². The fourth-order valence-electron chi connectivity index (χ4n) is 2.31. The SMILES string of the molecule is Cc1ccc(O[C@@H](C)C(=O)OCc2ccc(-n3cccn3)cc2)cc1. The molecular weight excluding hydrogens is 316 g/mol. The highest BCUT2D eigenvalue weighted by atomic mass is 16.6. The number of carbonyl (C=O) groups excluding carboxylic acids is 1. The van der Waals surface area contributed by atoms with Crippen LogP contribution in [-0.2, 0) is 16.1 Å². The third kappa shape index (κ3) is 4.47. The van der Waals surface area contributed by atoms with Gasteiger partial charge in [-0.25, -0.2) is 9.48 Å². The van der Waals surface area contributed by atoms with E-state index in [-0.39, 0.29) is 6.61 Å². The smallest absolute Gasteiger partial charge is 0.347 e. The quantitative estimate of drug-likeness (QED) is 0.644. The fourth-order valence-corrected chi connectivity index (χ4v) is 2.31. The van der Waals surface area contributed by atoms with Crippen LogP contribution >= 0.6 is 0 Å². The summed E-state index contributed by atoms with van der Waals surface area (Å²) in [4.78, 5) is 12.1. The van der Waals surface area contributed by atoms with Crippen LogP contribution in [0.15, 0.2) is 67.0 Å². The van der Waals surface area contributed by atoms with Crippen molar-refractivity contribution in [2.24, 2.45) is 0 Å². The van der Waals surface area contributed by atoms with Gasteiger partial charge >= 0.3 is 5.97 Å². The third-order valence-corrected chi connectivity index (χ3v) is 3.75. The number of carbonyl (C=O) groups is 1. The summed E-state index contributed by atoms with van der Waals surface area (Å²) in [5, 5.41) is 4.17. The van der Waals surface area contributed by atoms with Crippen molar-refractivity contribution in [2.75, 3.05) is 0 Å². The third-order valence-electron chi connectivity index (χ3n) is 3.75. The normalized spacial score (nSPS) is 11.8. The van der Waals surface area contributed by atoms with Crippen LogP contribution in [0.4, 0.5) is 0 Å². The van der Waals surface area contributed by atoms with Crippen molar-refractivity contribution in [2.45, 2.75) is 26.6 Å². The Morgan fingerprint density at radius 1 is 1.12 bits per heavy atom. The predicted molar refractivity (Wildman–Crippen MR) is 94.6 cm³/mol. The number of benzene rings is 2. The van der Waals surface area contributed by atoms with Crippen molar-refractivity contribution in [3.8, 4) is 11.4 Å². The molecule has 1 atom stereocenters. The first-order chi connectivity index (χ1) is 12.1. The molecule has 3 rings (SSSR count). The van der Waals surface area contributed by atoms with E-state index in [9.17, 15) is 4.79 Å². The van der Waals surface area contributed by atoms with Gasteiger partial charge in [0.05, 0.1) is 5.69 Å². The molecule has 5 nitrogen and oxygen atoms in total. The molecule has 25 heavy (non-hydrogen) atoms. The van der Waals surface area contributed by atoms with Gasteiger partial charge in [0.2, 0.25) is 0 Å². The van der Waals surface area contributed by atoms with E-state index in [0.29, 0.717) is 5.75 Å². The molecule has 0 saturated carbocycles. The van der Waals surface area contributed by atoms with Crippen molar-refractivity contribution >= 4 is 5.97 Å². The molecule has 0 bridgehead atoms. The summed E-state index contributed by atoms with van der Waals surface area (Å²) in [6, 6.07) is 17.1. The van der Waals surface area contributed by atoms with E-state index in [1.807, 2.05) is 67.7 Å². The topological polar surface area (TPSA) is 53.4 Å². The minimum absolute atomic E-state index is 0.208. The summed E-state index contributed by atoms with van der Waals surface area (Å²) in [5.74, 6) is 0.260. The highest BCUT2D eigenvalue weighted by Crippen LogP contribution is 2.14. The molecule has 1 aromatic heterocycles. The Bertz CT molecular complexity index is 809. The zero-order valence-electron chi connectivity index (χ0n) is 14.3. The molecule has 0 radical (unpaired) electrons. The van der Waals surface area contributed by atoms with Gasteiger partial charge in [-0.05, 0) is 49.7 Å². The lowest BCUT2D eigenvalue weighted by Crippen LogP contribution is -2.26. The zero-order valence-corrected chi connectivity index (χ0v) is 14.3. The van der Waals surface area contributed by atoms with Crippen LogP contribution in [0.3, 0.4) is 0 Å². The Labute approximate surface area is 146 Å². The second-order valence-corrected chi connectivity index (χ2v) is 5.80. The second kappa shape index (κ2) is 7.66. The van der Waals surface area contributed by atoms with Crippen molar-refractivity contribution in [3.05, 3.63) is 78.1 Å². The number of aromatic nitrogens is 2. The summed E-state index contributed by atoms with van der Waals surface area (Å²) < 4.78 is 12.7. The summed E-state index contributed by atoms with van der Waals surface area (Å²) in [7, 11) is 0. The Balaban J connectivity index is 1.52. The summed E-state index contributed by atoms with van der Waals surface area (Å²) >= 11 is 0. The first-order valence-electron chi connectivity index (χ1n) is 8.11. The van der Waals surface area contributed by atoms with Gasteiger partial charge in [-0.15, -0.1) is 0 Å². The second-order valence-electron chi connectivity index (χ2n) is 5.80. The molecule has 128 valence electrons. The molecule has 2 aromatic carbocycles. The van der Waals surface area contributed by atoms with E-state index < -0.39 is 12.1 Å². The number of aryl methyl sites for hydroxylation is 1. The minimum atomic E-state index is -0.661. The number of nitrogens with zero attached hydrogens (tertiary/aromatic N) is 2. The highest BCUT2D eigenvalue weighted by Gasteiger charge is 2.16. The Morgan fingerprint density at radius 3 is 2.48 bits per heavy atom. The van der Waals surface area contributed by atoms with Gasteiger partial charge in [0.15, 0.2) is 6.10 Å². The van der Waals surface area contributed by atoms with Crippen LogP contribution in [0.2, 0.25) is 0 Å². The minimum Gasteiger partial charge on any atom is -0.479 e. The van der Waals surface area contributed by atoms with E-state index >= 15 is 0 Å². The molecule has 5 heteroatoms. The number of hydrogen-bond acceptors (Lipinski definition) is 4. The van der Waals surface area contributed by atoms with E-state index in [0.717, 1.165) is 16.8 Å². The van der Waals surface area contributed by atoms with Crippen LogP contribution in [0.1, 0.15) is 18.1 Å². The maximum absolute atomic E-state index is 12.1. The number of ether oxygens (including phenoxy) is 2. The van der Waals surface area contributed by atoms with Gasteiger partial charge in [-0.2, -0.15) is 5.10 Å². The number of rotatable bonds is 6. The lowest BCUT2D eigenvalue weighted by atomic mass is 10.2. The monoisotopic (exact) mass is 336 g/mol. The molecule has 1 heterocycles. The number of esters is 1. The Kier molecular flexibility index (Phi) is 5.14. The van der Waals surface area contributed by atoms with E-state index in [4.69, 9.17) is 9.47 Å². The van der Waals surface area contributed by atoms with Crippen LogP contribution in [0.25, 0.3) is 5.69 Å². The summed E-state index contributed by atoms with van der Waals surface area (Å²) in [6.07, 6.45) is 2.94. The van der Waals surface area contributed by atoms with Crippen LogP contribution in [0, 0.1) is 6.92 Å². The highest BCUT2D eigenvalue weighted by molar-refractivity contribution is 5.74. The molecule has 0 spiro atoms. The molecular formula is C20H20N2O3. The van der Waals surface area contributed by atoms with Crippen LogP contribution in [-0.4, -0.2) is 21.9 Å². The maximum Gasteiger partial charge on any atom is 0.347 e. The van der Waals surface area contributed by atoms with E-state index in [2.05, 4.69) is 5.10 Å². The predicted octanol–water partition coefficient (Wildman–Crippen LogP) is 3.69. The zero-order chi connectivity index (χ0) is 17.6. The summed E-state index contributed by atoms with van der Waals surface area (Å²) in [5.41, 5.74) is 3.00. The first-order valence-corrected chi connectivity index (χ1v) is 8.11. The average molecular weight is 336 g/mol. The van der Waals surface area contributed by atoms with Crippen molar-refractivity contribution in [3.63, 3.8) is 0 Å². The van der Waals surface area contributed by atoms with Crippen LogP contribution < -0.4 is 4.74 Å². The fraction of sp³-hybridized carbons (Fsp3) is 0.200. The molecule has 0 aliphatic carbocycles. The van der Waals surface area contributed by atoms with Gasteiger partial charge in [-0.1, -0.05) is 29.8 Å². The molecule has 0 aliphatic rings. The van der Waals surface area contributed by atoms with Crippen molar-refractivity contribution < 1.29 is 14.3 Å². The molecule has 3 aromatic rings. The lowest BCUT2D eigenvalue weighted by molar-refractivity contribution is -0.152. The molecule has 0 saturated heterocycles. The van der Waals surface area contributed by atoms with Crippen LogP contribution in [0.5, 0.6) is 5.75 Å². The van der Waals surface area contributed by atoms with E-state index in [1.165, 1.54) is 0 Å². The van der Waals surface area contributed by atoms with Gasteiger partial charge in [0.25, 0.3) is 0 Å². The lowest BCUT2D eigenvalue weighted by Gasteiger charge is -2.14. The standard InChI is InChI=1S/C20H20N2O3/c1-15-4-10-19(11-5-15)25-16(2)20(23)24-14-17-6-8-18(9-7-17)22-13-3-12-21-22/h3-13,16H,14H2,1-2H3/t16-/m0/s1. The number of hydrogen-bond donors (Lipinski definition) is 0. The van der Waals surface area contributed by atoms with Gasteiger partial charge in [0, 0.05) is 12.4 Å². The van der Waals surface area contributed by atoms with Crippen molar-refractivity contribution in [1.82, 2.24) is 9.78 Å². The molecule has 0 aliphatic heterocycles. The Hall–Kier alpha value is -3.08. The molecule has 0 unspecified atom stereocenters. The van der Waals surface area contributed by atoms with E-state index in [1.54, 1.807) is 17.8 Å². The average Bonchev–Trinajstić information content (AvgIpc) is 3.16. The largest absolute Gasteiger partial charge is 0.479 e. The molecule has 0 fully saturated rings. The van der Waals surface area contributed by atoms with Crippen molar-refractivity contribution in [1.29, 1.82) is 0 Å². The Morgan fingerprint density at radius 2 is 1.84 bits per heavy atom. The van der Waals surface area contributed by atoms with Gasteiger partial charge < -0.3 is 9.47 Å².